The number of amides is 1. The van der Waals surface area contributed by atoms with Crippen LogP contribution in [-0.2, 0) is 17.8 Å². The number of fused-ring (bicyclic) bond motifs is 1. The minimum absolute atomic E-state index is 0.0804. The second kappa shape index (κ2) is 7.47. The van der Waals surface area contributed by atoms with Gasteiger partial charge in [-0.05, 0) is 49.6 Å². The lowest BCUT2D eigenvalue weighted by atomic mass is 9.88. The maximum Gasteiger partial charge on any atom is 0.234 e. The Bertz CT molecular complexity index is 685. The third kappa shape index (κ3) is 4.34. The van der Waals surface area contributed by atoms with Crippen LogP contribution in [0.3, 0.4) is 0 Å². The smallest absolute Gasteiger partial charge is 0.234 e. The maximum atomic E-state index is 12.4. The summed E-state index contributed by atoms with van der Waals surface area (Å²) in [5.74, 6) is 0.0804. The first-order valence-electron chi connectivity index (χ1n) is 7.92. The van der Waals surface area contributed by atoms with E-state index < -0.39 is 0 Å². The molecule has 0 saturated heterocycles. The highest BCUT2D eigenvalue weighted by molar-refractivity contribution is 7.16. The Balaban J connectivity index is 1.55. The monoisotopic (exact) mass is 348 g/mol. The van der Waals surface area contributed by atoms with Gasteiger partial charge < -0.3 is 5.32 Å². The quantitative estimate of drug-likeness (QED) is 0.884. The van der Waals surface area contributed by atoms with Crippen LogP contribution in [0, 0.1) is 0 Å². The van der Waals surface area contributed by atoms with E-state index in [2.05, 4.69) is 29.6 Å². The maximum absolute atomic E-state index is 12.4. The van der Waals surface area contributed by atoms with Crippen LogP contribution in [-0.4, -0.2) is 24.4 Å². The molecule has 3 nitrogen and oxygen atoms in total. The number of hydrogen-bond donors (Lipinski definition) is 1. The molecule has 1 amide bonds. The Hall–Kier alpha value is -1.36. The van der Waals surface area contributed by atoms with Gasteiger partial charge in [0, 0.05) is 11.4 Å². The largest absolute Gasteiger partial charge is 0.348 e. The zero-order valence-corrected chi connectivity index (χ0v) is 14.8. The number of rotatable bonds is 5. The van der Waals surface area contributed by atoms with Crippen molar-refractivity contribution in [3.63, 3.8) is 0 Å². The Morgan fingerprint density at radius 2 is 2.17 bits per heavy atom. The summed E-state index contributed by atoms with van der Waals surface area (Å²) >= 11 is 7.51. The molecule has 1 atom stereocenters. The van der Waals surface area contributed by atoms with Crippen molar-refractivity contribution in [1.29, 1.82) is 0 Å². The highest BCUT2D eigenvalue weighted by atomic mass is 35.5. The average molecular weight is 349 g/mol. The number of nitrogens with zero attached hydrogens (tertiary/aromatic N) is 1. The fourth-order valence-corrected chi connectivity index (χ4v) is 4.32. The molecule has 0 unspecified atom stereocenters. The lowest BCUT2D eigenvalue weighted by molar-refractivity contribution is -0.122. The molecule has 0 aliphatic heterocycles. The van der Waals surface area contributed by atoms with E-state index in [4.69, 9.17) is 11.6 Å². The molecule has 0 spiro atoms. The number of nitrogens with one attached hydrogen (secondary N) is 1. The first-order chi connectivity index (χ1) is 11.1. The predicted octanol–water partition coefficient (Wildman–Crippen LogP) is 4.03. The number of carbonyl (C=O) groups excluding carboxylic acids is 1. The Morgan fingerprint density at radius 3 is 2.96 bits per heavy atom. The summed E-state index contributed by atoms with van der Waals surface area (Å²) in [4.78, 5) is 15.5. The van der Waals surface area contributed by atoms with Crippen molar-refractivity contribution in [1.82, 2.24) is 10.2 Å². The molecule has 1 aliphatic rings. The fraction of sp³-hybridized carbons (Fsp3) is 0.389. The summed E-state index contributed by atoms with van der Waals surface area (Å²) in [6.45, 7) is 1.14. The first-order valence-corrected chi connectivity index (χ1v) is 9.11. The second-order valence-electron chi connectivity index (χ2n) is 6.09. The summed E-state index contributed by atoms with van der Waals surface area (Å²) in [5.41, 5.74) is 2.64. The molecule has 5 heteroatoms. The van der Waals surface area contributed by atoms with E-state index in [1.807, 2.05) is 24.1 Å². The van der Waals surface area contributed by atoms with Crippen LogP contribution < -0.4 is 5.32 Å². The van der Waals surface area contributed by atoms with Crippen LogP contribution in [0.4, 0.5) is 0 Å². The zero-order chi connectivity index (χ0) is 16.2. The van der Waals surface area contributed by atoms with Gasteiger partial charge in [-0.2, -0.15) is 0 Å². The van der Waals surface area contributed by atoms with E-state index >= 15 is 0 Å². The predicted molar refractivity (Wildman–Crippen MR) is 95.9 cm³/mol. The fourth-order valence-electron chi connectivity index (χ4n) is 3.15. The molecule has 0 fully saturated rings. The van der Waals surface area contributed by atoms with E-state index in [0.29, 0.717) is 6.54 Å². The van der Waals surface area contributed by atoms with Crippen LogP contribution in [0.15, 0.2) is 36.4 Å². The third-order valence-corrected chi connectivity index (χ3v) is 5.39. The van der Waals surface area contributed by atoms with Gasteiger partial charge in [-0.25, -0.2) is 0 Å². The lowest BCUT2D eigenvalue weighted by Crippen LogP contribution is -2.38. The second-order valence-corrected chi connectivity index (χ2v) is 7.89. The van der Waals surface area contributed by atoms with Crippen molar-refractivity contribution in [3.8, 4) is 0 Å². The van der Waals surface area contributed by atoms with E-state index in [0.717, 1.165) is 30.1 Å². The van der Waals surface area contributed by atoms with Gasteiger partial charge in [-0.3, -0.25) is 9.69 Å². The van der Waals surface area contributed by atoms with Crippen LogP contribution in [0.25, 0.3) is 0 Å². The van der Waals surface area contributed by atoms with E-state index in [1.54, 1.807) is 11.3 Å². The van der Waals surface area contributed by atoms with Crippen molar-refractivity contribution >= 4 is 28.8 Å². The number of carbonyl (C=O) groups is 1. The Morgan fingerprint density at radius 1 is 1.35 bits per heavy atom. The number of likely N-dealkylation sites (N-methyl/N-ethyl adjacent to an activating group) is 1. The van der Waals surface area contributed by atoms with Crippen molar-refractivity contribution in [2.24, 2.45) is 0 Å². The summed E-state index contributed by atoms with van der Waals surface area (Å²) < 4.78 is 0.789. The highest BCUT2D eigenvalue weighted by Crippen LogP contribution is 2.29. The van der Waals surface area contributed by atoms with E-state index in [1.165, 1.54) is 16.0 Å². The molecule has 1 aromatic heterocycles. The summed E-state index contributed by atoms with van der Waals surface area (Å²) in [7, 11) is 1.96. The topological polar surface area (TPSA) is 32.3 Å². The molecule has 1 N–H and O–H groups in total. The van der Waals surface area contributed by atoms with Gasteiger partial charge in [-0.15, -0.1) is 11.3 Å². The minimum Gasteiger partial charge on any atom is -0.348 e. The van der Waals surface area contributed by atoms with Crippen LogP contribution in [0.2, 0.25) is 4.34 Å². The summed E-state index contributed by atoms with van der Waals surface area (Å²) in [5, 5.41) is 3.19. The highest BCUT2D eigenvalue weighted by Gasteiger charge is 2.21. The van der Waals surface area contributed by atoms with Gasteiger partial charge >= 0.3 is 0 Å². The van der Waals surface area contributed by atoms with Crippen molar-refractivity contribution in [2.75, 3.05) is 13.6 Å². The van der Waals surface area contributed by atoms with Crippen molar-refractivity contribution < 1.29 is 4.79 Å². The van der Waals surface area contributed by atoms with Crippen molar-refractivity contribution in [2.45, 2.75) is 31.8 Å². The molecule has 0 radical (unpaired) electrons. The summed E-state index contributed by atoms with van der Waals surface area (Å²) in [6.07, 6.45) is 3.26. The number of thiophene rings is 1. The standard InChI is InChI=1S/C18H21ClN2OS/c1-21(11-14-9-10-17(19)23-14)12-18(22)20-16-8-4-6-13-5-2-3-7-15(13)16/h2-3,5,7,9-10,16H,4,6,8,11-12H2,1H3,(H,20,22)/t16-/m1/s1. The SMILES string of the molecule is CN(CC(=O)N[C@@H]1CCCc2ccccc21)Cc1ccc(Cl)s1. The molecule has 122 valence electrons. The normalized spacial score (nSPS) is 17.1. The molecule has 1 aromatic carbocycles. The number of halogens is 1. The lowest BCUT2D eigenvalue weighted by Gasteiger charge is -2.27. The molecule has 1 aliphatic carbocycles. The zero-order valence-electron chi connectivity index (χ0n) is 13.2. The number of hydrogen-bond acceptors (Lipinski definition) is 3. The molecule has 3 rings (SSSR count). The van der Waals surface area contributed by atoms with Gasteiger partial charge in [0.25, 0.3) is 0 Å². The summed E-state index contributed by atoms with van der Waals surface area (Å²) in [6, 6.07) is 12.5. The van der Waals surface area contributed by atoms with Crippen LogP contribution in [0.5, 0.6) is 0 Å². The van der Waals surface area contributed by atoms with Gasteiger partial charge in [-0.1, -0.05) is 35.9 Å². The molecule has 0 bridgehead atoms. The van der Waals surface area contributed by atoms with Crippen molar-refractivity contribution in [3.05, 3.63) is 56.7 Å². The first kappa shape index (κ1) is 16.5. The minimum atomic E-state index is 0.0804. The van der Waals surface area contributed by atoms with Crippen LogP contribution >= 0.6 is 22.9 Å². The van der Waals surface area contributed by atoms with Crippen LogP contribution in [0.1, 0.15) is 34.9 Å². The molecule has 1 heterocycles. The molecule has 2 aromatic rings. The molecular formula is C18H21ClN2OS. The van der Waals surface area contributed by atoms with Gasteiger partial charge in [0.2, 0.25) is 5.91 Å². The van der Waals surface area contributed by atoms with E-state index in [9.17, 15) is 4.79 Å². The van der Waals surface area contributed by atoms with E-state index in [-0.39, 0.29) is 11.9 Å². The third-order valence-electron chi connectivity index (χ3n) is 4.17. The molecule has 0 saturated carbocycles. The van der Waals surface area contributed by atoms with Gasteiger partial charge in [0.1, 0.15) is 0 Å². The molecular weight excluding hydrogens is 328 g/mol. The number of aryl methyl sites for hydroxylation is 1. The van der Waals surface area contributed by atoms with Gasteiger partial charge in [0.15, 0.2) is 0 Å². The number of benzene rings is 1. The Labute approximate surface area is 146 Å². The average Bonchev–Trinajstić information content (AvgIpc) is 2.92. The van der Waals surface area contributed by atoms with Gasteiger partial charge in [0.05, 0.1) is 16.9 Å². The Kier molecular flexibility index (Phi) is 5.36. The molecule has 23 heavy (non-hydrogen) atoms.